The summed E-state index contributed by atoms with van der Waals surface area (Å²) < 4.78 is 19.1. The molecule has 9 heteroatoms. The highest BCUT2D eigenvalue weighted by Gasteiger charge is 2.20. The van der Waals surface area contributed by atoms with Crippen molar-refractivity contribution in [1.82, 2.24) is 4.98 Å². The predicted octanol–water partition coefficient (Wildman–Crippen LogP) is 5.93. The highest BCUT2D eigenvalue weighted by atomic mass is 32.1. The van der Waals surface area contributed by atoms with Crippen LogP contribution in [0.5, 0.6) is 0 Å². The fraction of sp³-hybridized carbons (Fsp3) is 0.167. The molecular formula is C30H23N3O5S. The van der Waals surface area contributed by atoms with Crippen molar-refractivity contribution < 1.29 is 18.4 Å². The number of rotatable bonds is 4. The van der Waals surface area contributed by atoms with Gasteiger partial charge in [0.25, 0.3) is 5.91 Å². The van der Waals surface area contributed by atoms with E-state index in [0.717, 1.165) is 37.0 Å². The fourth-order valence-electron chi connectivity index (χ4n) is 5.13. The molecule has 1 fully saturated rings. The van der Waals surface area contributed by atoms with Crippen molar-refractivity contribution in [2.24, 2.45) is 0 Å². The Morgan fingerprint density at radius 1 is 0.974 bits per heavy atom. The number of para-hydroxylation sites is 1. The van der Waals surface area contributed by atoms with Gasteiger partial charge in [-0.15, -0.1) is 11.3 Å². The van der Waals surface area contributed by atoms with E-state index < -0.39 is 0 Å². The van der Waals surface area contributed by atoms with E-state index >= 15 is 0 Å². The maximum absolute atomic E-state index is 13.1. The fourth-order valence-corrected chi connectivity index (χ4v) is 6.34. The first kappa shape index (κ1) is 23.6. The standard InChI is InChI=1S/C30H23N3O5S/c1-32(30(35)24-16-37-17-31-24)18-8-9-26-23(14-18)21-6-3-5-20(29(21)39-26)19-4-2-7-22-25(34)15-27(38-28(19)22)33-10-12-36-13-11-33/h2-9,14-17H,10-13H2,1H3. The molecule has 0 radical (unpaired) electrons. The largest absolute Gasteiger partial charge is 0.451 e. The van der Waals surface area contributed by atoms with Crippen molar-refractivity contribution in [2.45, 2.75) is 0 Å². The molecule has 4 heterocycles. The molecule has 1 aliphatic rings. The number of hydrogen-bond acceptors (Lipinski definition) is 8. The van der Waals surface area contributed by atoms with E-state index in [0.29, 0.717) is 43.2 Å². The van der Waals surface area contributed by atoms with Crippen molar-refractivity contribution in [3.63, 3.8) is 0 Å². The number of nitrogens with zero attached hydrogens (tertiary/aromatic N) is 3. The number of carbonyl (C=O) groups excluding carboxylic acids is 1. The first-order valence-corrected chi connectivity index (χ1v) is 13.4. The number of fused-ring (bicyclic) bond motifs is 4. The van der Waals surface area contributed by atoms with Crippen LogP contribution in [0.1, 0.15) is 10.5 Å². The van der Waals surface area contributed by atoms with Gasteiger partial charge in [0.1, 0.15) is 11.8 Å². The van der Waals surface area contributed by atoms with E-state index in [4.69, 9.17) is 13.6 Å². The molecule has 0 spiro atoms. The molecule has 0 saturated carbocycles. The van der Waals surface area contributed by atoms with Crippen molar-refractivity contribution in [3.05, 3.63) is 89.2 Å². The number of amides is 1. The average Bonchev–Trinajstić information content (AvgIpc) is 3.65. The predicted molar refractivity (Wildman–Crippen MR) is 153 cm³/mol. The summed E-state index contributed by atoms with van der Waals surface area (Å²) in [7, 11) is 1.72. The van der Waals surface area contributed by atoms with E-state index in [1.54, 1.807) is 29.4 Å². The Morgan fingerprint density at radius 3 is 2.56 bits per heavy atom. The average molecular weight is 538 g/mol. The summed E-state index contributed by atoms with van der Waals surface area (Å²) in [5.41, 5.74) is 3.39. The molecule has 1 amide bonds. The molecule has 194 valence electrons. The van der Waals surface area contributed by atoms with E-state index in [1.165, 1.54) is 12.7 Å². The first-order valence-electron chi connectivity index (χ1n) is 12.6. The quantitative estimate of drug-likeness (QED) is 0.275. The zero-order chi connectivity index (χ0) is 26.5. The lowest BCUT2D eigenvalue weighted by Gasteiger charge is -2.27. The lowest BCUT2D eigenvalue weighted by molar-refractivity contribution is 0.0988. The molecule has 39 heavy (non-hydrogen) atoms. The molecule has 0 aliphatic carbocycles. The summed E-state index contributed by atoms with van der Waals surface area (Å²) in [6, 6.07) is 19.5. The zero-order valence-corrected chi connectivity index (χ0v) is 21.9. The Balaban J connectivity index is 1.37. The van der Waals surface area contributed by atoms with Crippen LogP contribution in [0, 0.1) is 0 Å². The van der Waals surface area contributed by atoms with Gasteiger partial charge >= 0.3 is 0 Å². The Hall–Kier alpha value is -4.47. The van der Waals surface area contributed by atoms with Crippen molar-refractivity contribution in [2.75, 3.05) is 43.2 Å². The maximum Gasteiger partial charge on any atom is 0.279 e. The van der Waals surface area contributed by atoms with Crippen molar-refractivity contribution >= 4 is 60.0 Å². The number of carbonyl (C=O) groups is 1. The van der Waals surface area contributed by atoms with Gasteiger partial charge < -0.3 is 23.4 Å². The molecule has 6 aromatic rings. The molecule has 0 bridgehead atoms. The van der Waals surface area contributed by atoms with Crippen LogP contribution in [-0.2, 0) is 4.74 Å². The number of benzene rings is 3. The van der Waals surface area contributed by atoms with Crippen LogP contribution in [0.15, 0.2) is 86.9 Å². The van der Waals surface area contributed by atoms with Gasteiger partial charge in [0.05, 0.1) is 18.6 Å². The third-order valence-corrected chi connectivity index (χ3v) is 8.40. The minimum absolute atomic E-state index is 0.0624. The molecule has 0 N–H and O–H groups in total. The van der Waals surface area contributed by atoms with Crippen LogP contribution in [0.4, 0.5) is 11.6 Å². The zero-order valence-electron chi connectivity index (χ0n) is 21.0. The Kier molecular flexibility index (Phi) is 5.68. The minimum atomic E-state index is -0.245. The first-order chi connectivity index (χ1) is 19.1. The third-order valence-electron chi connectivity index (χ3n) is 7.18. The monoisotopic (exact) mass is 537 g/mol. The van der Waals surface area contributed by atoms with Crippen LogP contribution >= 0.6 is 11.3 Å². The Labute approximate surface area is 226 Å². The second-order valence-corrected chi connectivity index (χ2v) is 10.5. The van der Waals surface area contributed by atoms with Crippen molar-refractivity contribution in [3.8, 4) is 11.1 Å². The molecule has 3 aromatic heterocycles. The van der Waals surface area contributed by atoms with E-state index in [2.05, 4.69) is 22.0 Å². The highest BCUT2D eigenvalue weighted by molar-refractivity contribution is 7.26. The summed E-state index contributed by atoms with van der Waals surface area (Å²) in [5, 5.41) is 2.67. The Bertz CT molecular complexity index is 1920. The summed E-state index contributed by atoms with van der Waals surface area (Å²) in [6.07, 6.45) is 2.59. The Morgan fingerprint density at radius 2 is 1.77 bits per heavy atom. The van der Waals surface area contributed by atoms with E-state index in [-0.39, 0.29) is 17.0 Å². The second kappa shape index (κ2) is 9.37. The smallest absolute Gasteiger partial charge is 0.279 e. The normalized spacial score (nSPS) is 13.9. The minimum Gasteiger partial charge on any atom is -0.451 e. The van der Waals surface area contributed by atoms with Crippen LogP contribution in [0.2, 0.25) is 0 Å². The highest BCUT2D eigenvalue weighted by Crippen LogP contribution is 2.43. The number of oxazole rings is 1. The van der Waals surface area contributed by atoms with Gasteiger partial charge in [-0.25, -0.2) is 4.98 Å². The van der Waals surface area contributed by atoms with Gasteiger partial charge in [-0.1, -0.05) is 30.3 Å². The van der Waals surface area contributed by atoms with Crippen LogP contribution in [-0.4, -0.2) is 44.2 Å². The summed E-state index contributed by atoms with van der Waals surface area (Å²) in [6.45, 7) is 2.56. The van der Waals surface area contributed by atoms with Gasteiger partial charge in [-0.05, 0) is 24.3 Å². The summed E-state index contributed by atoms with van der Waals surface area (Å²) in [5.74, 6) is 0.321. The molecule has 1 saturated heterocycles. The van der Waals surface area contributed by atoms with Gasteiger partial charge in [-0.3, -0.25) is 9.59 Å². The molecule has 3 aromatic carbocycles. The number of hydrogen-bond donors (Lipinski definition) is 0. The topological polar surface area (TPSA) is 89.0 Å². The molecule has 0 unspecified atom stereocenters. The summed E-state index contributed by atoms with van der Waals surface area (Å²) >= 11 is 1.68. The SMILES string of the molecule is CN(C(=O)c1cocn1)c1ccc2sc3c(-c4cccc5c(=O)cc(N6CCOCC6)oc45)cccc3c2c1. The van der Waals surface area contributed by atoms with Crippen molar-refractivity contribution in [1.29, 1.82) is 0 Å². The molecule has 1 aliphatic heterocycles. The van der Waals surface area contributed by atoms with Gasteiger partial charge in [0, 0.05) is 63.2 Å². The number of morpholine rings is 1. The third kappa shape index (κ3) is 3.98. The maximum atomic E-state index is 13.1. The molecular weight excluding hydrogens is 514 g/mol. The summed E-state index contributed by atoms with van der Waals surface area (Å²) in [4.78, 5) is 33.6. The van der Waals surface area contributed by atoms with Crippen LogP contribution in [0.3, 0.4) is 0 Å². The molecule has 7 rings (SSSR count). The number of aromatic nitrogens is 1. The molecule has 0 atom stereocenters. The van der Waals surface area contributed by atoms with Crippen LogP contribution in [0.25, 0.3) is 42.3 Å². The lowest BCUT2D eigenvalue weighted by atomic mass is 10.0. The van der Waals surface area contributed by atoms with Crippen LogP contribution < -0.4 is 15.2 Å². The lowest BCUT2D eigenvalue weighted by Crippen LogP contribution is -2.36. The van der Waals surface area contributed by atoms with E-state index in [9.17, 15) is 9.59 Å². The number of thiophene rings is 1. The number of ether oxygens (including phenoxy) is 1. The molecule has 8 nitrogen and oxygen atoms in total. The second-order valence-electron chi connectivity index (χ2n) is 9.43. The van der Waals surface area contributed by atoms with Gasteiger partial charge in [0.2, 0.25) is 0 Å². The van der Waals surface area contributed by atoms with Gasteiger partial charge in [0.15, 0.2) is 23.4 Å². The van der Waals surface area contributed by atoms with E-state index in [1.807, 2.05) is 42.5 Å². The number of anilines is 2. The van der Waals surface area contributed by atoms with Gasteiger partial charge in [-0.2, -0.15) is 0 Å².